The van der Waals surface area contributed by atoms with Crippen molar-refractivity contribution in [3.63, 3.8) is 0 Å². The van der Waals surface area contributed by atoms with E-state index in [1.165, 1.54) is 12.7 Å². The van der Waals surface area contributed by atoms with Crippen LogP contribution in [0.5, 0.6) is 0 Å². The van der Waals surface area contributed by atoms with Crippen LogP contribution in [0.3, 0.4) is 0 Å². The summed E-state index contributed by atoms with van der Waals surface area (Å²) >= 11 is 6.28. The molecule has 0 aliphatic heterocycles. The number of aromatic nitrogens is 2. The van der Waals surface area contributed by atoms with Gasteiger partial charge >= 0.3 is 11.7 Å². The average molecular weight is 449 g/mol. The molecule has 1 heterocycles. The van der Waals surface area contributed by atoms with Crippen molar-refractivity contribution in [1.82, 2.24) is 9.13 Å². The number of fused-ring (bicyclic) bond motifs is 1. The summed E-state index contributed by atoms with van der Waals surface area (Å²) in [5.74, 6) is -0.410. The highest BCUT2D eigenvalue weighted by Gasteiger charge is 2.18. The lowest BCUT2D eigenvalue weighted by atomic mass is 9.87. The number of rotatable bonds is 4. The maximum atomic E-state index is 13.6. The van der Waals surface area contributed by atoms with E-state index < -0.39 is 5.97 Å². The first-order valence-corrected chi connectivity index (χ1v) is 10.8. The molecule has 32 heavy (non-hydrogen) atoms. The van der Waals surface area contributed by atoms with E-state index >= 15 is 0 Å². The molecule has 0 N–H and O–H groups in total. The third-order valence-corrected chi connectivity index (χ3v) is 5.81. The van der Waals surface area contributed by atoms with Gasteiger partial charge in [0.2, 0.25) is 0 Å². The van der Waals surface area contributed by atoms with Crippen LogP contribution in [0.25, 0.3) is 16.7 Å². The molecule has 4 rings (SSSR count). The van der Waals surface area contributed by atoms with Crippen LogP contribution in [0.1, 0.15) is 42.3 Å². The summed E-state index contributed by atoms with van der Waals surface area (Å²) in [6.45, 7) is 6.78. The second-order valence-electron chi connectivity index (χ2n) is 8.83. The maximum Gasteiger partial charge on any atom is 0.337 e. The van der Waals surface area contributed by atoms with Crippen LogP contribution >= 0.6 is 11.6 Å². The van der Waals surface area contributed by atoms with Crippen molar-refractivity contribution in [2.24, 2.45) is 0 Å². The van der Waals surface area contributed by atoms with Crippen LogP contribution in [0.2, 0.25) is 5.02 Å². The lowest BCUT2D eigenvalue weighted by Gasteiger charge is -2.19. The van der Waals surface area contributed by atoms with Crippen molar-refractivity contribution < 1.29 is 9.53 Å². The highest BCUT2D eigenvalue weighted by molar-refractivity contribution is 6.31. The Bertz CT molecular complexity index is 1360. The molecule has 0 aliphatic carbocycles. The van der Waals surface area contributed by atoms with Gasteiger partial charge in [-0.25, -0.2) is 9.59 Å². The summed E-state index contributed by atoms with van der Waals surface area (Å²) in [6, 6.07) is 20.6. The Labute approximate surface area is 191 Å². The van der Waals surface area contributed by atoms with Gasteiger partial charge in [0, 0.05) is 5.02 Å². The lowest BCUT2D eigenvalue weighted by molar-refractivity contribution is 0.0600. The van der Waals surface area contributed by atoms with Gasteiger partial charge in [-0.05, 0) is 59.0 Å². The van der Waals surface area contributed by atoms with Crippen LogP contribution in [-0.2, 0) is 16.7 Å². The van der Waals surface area contributed by atoms with Gasteiger partial charge in [-0.1, -0.05) is 56.6 Å². The van der Waals surface area contributed by atoms with Crippen LogP contribution in [0, 0.1) is 0 Å². The van der Waals surface area contributed by atoms with Gasteiger partial charge in [-0.3, -0.25) is 9.13 Å². The van der Waals surface area contributed by atoms with Crippen LogP contribution in [-0.4, -0.2) is 22.2 Å². The Morgan fingerprint density at radius 1 is 0.969 bits per heavy atom. The molecule has 0 saturated carbocycles. The first-order valence-electron chi connectivity index (χ1n) is 10.4. The summed E-state index contributed by atoms with van der Waals surface area (Å²) in [7, 11) is 1.35. The fourth-order valence-corrected chi connectivity index (χ4v) is 4.01. The highest BCUT2D eigenvalue weighted by atomic mass is 35.5. The monoisotopic (exact) mass is 448 g/mol. The van der Waals surface area contributed by atoms with Gasteiger partial charge in [-0.15, -0.1) is 0 Å². The number of hydrogen-bond donors (Lipinski definition) is 0. The molecule has 164 valence electrons. The van der Waals surface area contributed by atoms with E-state index in [-0.39, 0.29) is 11.1 Å². The molecule has 0 radical (unpaired) electrons. The van der Waals surface area contributed by atoms with Gasteiger partial charge in [0.1, 0.15) is 0 Å². The number of nitrogens with zero attached hydrogens (tertiary/aromatic N) is 2. The molecular weight excluding hydrogens is 424 g/mol. The molecule has 0 unspecified atom stereocenters. The van der Waals surface area contributed by atoms with Crippen molar-refractivity contribution in [2.45, 2.75) is 32.7 Å². The standard InChI is InChI=1S/C26H25ClN2O3/c1-26(2,3)19-8-11-21(12-9-19)29-23-15-20(27)10-13-22(23)28(25(29)31)16-17-6-5-7-18(14-17)24(30)32-4/h5-15H,16H2,1-4H3. The average Bonchev–Trinajstić information content (AvgIpc) is 3.03. The van der Waals surface area contributed by atoms with Crippen LogP contribution in [0.15, 0.2) is 71.5 Å². The lowest BCUT2D eigenvalue weighted by Crippen LogP contribution is -2.24. The molecule has 0 aliphatic rings. The molecule has 4 aromatic rings. The van der Waals surface area contributed by atoms with Crippen LogP contribution in [0.4, 0.5) is 0 Å². The molecule has 0 amide bonds. The number of esters is 1. The maximum absolute atomic E-state index is 13.6. The second-order valence-corrected chi connectivity index (χ2v) is 9.26. The zero-order chi connectivity index (χ0) is 23.0. The minimum absolute atomic E-state index is 0.0193. The number of imidazole rings is 1. The predicted molar refractivity (Wildman–Crippen MR) is 128 cm³/mol. The number of carbonyl (C=O) groups is 1. The zero-order valence-corrected chi connectivity index (χ0v) is 19.3. The minimum atomic E-state index is -0.410. The van der Waals surface area contributed by atoms with Gasteiger partial charge in [0.25, 0.3) is 0 Å². The second kappa shape index (κ2) is 8.32. The molecular formula is C26H25ClN2O3. The quantitative estimate of drug-likeness (QED) is 0.383. The number of methoxy groups -OCH3 is 1. The molecule has 0 saturated heterocycles. The van der Waals surface area contributed by atoms with E-state index in [0.29, 0.717) is 17.1 Å². The van der Waals surface area contributed by atoms with E-state index in [0.717, 1.165) is 22.3 Å². The number of benzene rings is 3. The van der Waals surface area contributed by atoms with E-state index in [4.69, 9.17) is 16.3 Å². The first kappa shape index (κ1) is 21.9. The number of hydrogen-bond acceptors (Lipinski definition) is 3. The van der Waals surface area contributed by atoms with Gasteiger partial charge in [-0.2, -0.15) is 0 Å². The highest BCUT2D eigenvalue weighted by Crippen LogP contribution is 2.26. The molecule has 0 atom stereocenters. The minimum Gasteiger partial charge on any atom is -0.465 e. The molecule has 0 fully saturated rings. The van der Waals surface area contributed by atoms with Crippen molar-refractivity contribution in [1.29, 1.82) is 0 Å². The smallest absolute Gasteiger partial charge is 0.337 e. The van der Waals surface area contributed by atoms with Crippen molar-refractivity contribution in [2.75, 3.05) is 7.11 Å². The zero-order valence-electron chi connectivity index (χ0n) is 18.6. The Morgan fingerprint density at radius 3 is 2.34 bits per heavy atom. The van der Waals surface area contributed by atoms with E-state index in [1.54, 1.807) is 39.5 Å². The summed E-state index contributed by atoms with van der Waals surface area (Å²) in [5.41, 5.74) is 4.58. The SMILES string of the molecule is COC(=O)c1cccc(Cn2c(=O)n(-c3ccc(C(C)(C)C)cc3)c3cc(Cl)ccc32)c1. The van der Waals surface area contributed by atoms with Gasteiger partial charge < -0.3 is 4.74 Å². The Morgan fingerprint density at radius 2 is 1.69 bits per heavy atom. The predicted octanol–water partition coefficient (Wildman–Crippen LogP) is 5.58. The molecule has 0 spiro atoms. The van der Waals surface area contributed by atoms with E-state index in [1.807, 2.05) is 24.3 Å². The third kappa shape index (κ3) is 4.08. The topological polar surface area (TPSA) is 53.2 Å². The Kier molecular flexibility index (Phi) is 5.70. The fraction of sp³-hybridized carbons (Fsp3) is 0.231. The largest absolute Gasteiger partial charge is 0.465 e. The molecule has 5 nitrogen and oxygen atoms in total. The Balaban J connectivity index is 1.85. The van der Waals surface area contributed by atoms with E-state index in [9.17, 15) is 9.59 Å². The summed E-state index contributed by atoms with van der Waals surface area (Å²) < 4.78 is 8.19. The molecule has 1 aromatic heterocycles. The molecule has 0 bridgehead atoms. The van der Waals surface area contributed by atoms with Crippen molar-refractivity contribution in [3.05, 3.63) is 98.9 Å². The summed E-state index contributed by atoms with van der Waals surface area (Å²) in [5, 5.41) is 0.558. The van der Waals surface area contributed by atoms with Crippen LogP contribution < -0.4 is 5.69 Å². The summed E-state index contributed by atoms with van der Waals surface area (Å²) in [4.78, 5) is 25.5. The van der Waals surface area contributed by atoms with Gasteiger partial charge in [0.15, 0.2) is 0 Å². The molecule has 3 aromatic carbocycles. The van der Waals surface area contributed by atoms with Gasteiger partial charge in [0.05, 0.1) is 35.9 Å². The number of halogens is 1. The first-order chi connectivity index (χ1) is 15.2. The van der Waals surface area contributed by atoms with Crippen molar-refractivity contribution in [3.8, 4) is 5.69 Å². The normalized spacial score (nSPS) is 11.7. The van der Waals surface area contributed by atoms with E-state index in [2.05, 4.69) is 32.9 Å². The van der Waals surface area contributed by atoms with Crippen molar-refractivity contribution >= 4 is 28.6 Å². The Hall–Kier alpha value is -3.31. The molecule has 6 heteroatoms. The number of carbonyl (C=O) groups excluding carboxylic acids is 1. The number of ether oxygens (including phenoxy) is 1. The summed E-state index contributed by atoms with van der Waals surface area (Å²) in [6.07, 6.45) is 0. The third-order valence-electron chi connectivity index (χ3n) is 5.57. The fourth-order valence-electron chi connectivity index (χ4n) is 3.84.